The van der Waals surface area contributed by atoms with Gasteiger partial charge in [0.25, 0.3) is 5.91 Å². The molecular formula is C31H29ClFN7O3. The monoisotopic (exact) mass is 601 g/mol. The molecule has 12 heteroatoms. The van der Waals surface area contributed by atoms with E-state index in [2.05, 4.69) is 25.6 Å². The van der Waals surface area contributed by atoms with Gasteiger partial charge >= 0.3 is 5.97 Å². The number of fused-ring (bicyclic) bond motifs is 4. The van der Waals surface area contributed by atoms with Gasteiger partial charge in [-0.25, -0.2) is 19.0 Å². The van der Waals surface area contributed by atoms with Crippen LogP contribution < -0.4 is 5.32 Å². The summed E-state index contributed by atoms with van der Waals surface area (Å²) in [6.07, 6.45) is 10.5. The fraction of sp³-hybridized carbons (Fsp3) is 0.355. The lowest BCUT2D eigenvalue weighted by molar-refractivity contribution is -0.157. The van der Waals surface area contributed by atoms with Gasteiger partial charge in [0.05, 0.1) is 16.6 Å². The summed E-state index contributed by atoms with van der Waals surface area (Å²) in [6.45, 7) is 0.404. The molecule has 3 heterocycles. The highest BCUT2D eigenvalue weighted by molar-refractivity contribution is 6.30. The lowest BCUT2D eigenvalue weighted by Crippen LogP contribution is -2.61. The van der Waals surface area contributed by atoms with Crippen LogP contribution in [-0.2, 0) is 11.2 Å². The number of carboxylic acids is 1. The van der Waals surface area contributed by atoms with Crippen LogP contribution in [0.25, 0.3) is 16.8 Å². The Labute approximate surface area is 251 Å². The average Bonchev–Trinajstić information content (AvgIpc) is 3.53. The summed E-state index contributed by atoms with van der Waals surface area (Å²) in [6, 6.07) is 10.6. The van der Waals surface area contributed by atoms with Crippen molar-refractivity contribution in [2.45, 2.75) is 56.7 Å². The first-order valence-electron chi connectivity index (χ1n) is 14.4. The molecule has 4 aromatic rings. The molecule has 2 aromatic heterocycles. The van der Waals surface area contributed by atoms with Crippen LogP contribution in [0, 0.1) is 11.2 Å². The molecule has 0 saturated heterocycles. The second-order valence-corrected chi connectivity index (χ2v) is 12.2. The minimum Gasteiger partial charge on any atom is -0.481 e. The number of aliphatic carboxylic acids is 1. The molecule has 0 spiro atoms. The van der Waals surface area contributed by atoms with Crippen molar-refractivity contribution < 1.29 is 19.1 Å². The van der Waals surface area contributed by atoms with Crippen LogP contribution >= 0.6 is 11.6 Å². The molecule has 1 amide bonds. The van der Waals surface area contributed by atoms with E-state index < -0.39 is 23.4 Å². The van der Waals surface area contributed by atoms with Crippen molar-refractivity contribution in [3.63, 3.8) is 0 Å². The zero-order valence-corrected chi connectivity index (χ0v) is 24.0. The maximum atomic E-state index is 14.7. The summed E-state index contributed by atoms with van der Waals surface area (Å²) in [5.74, 6) is -1.70. The van der Waals surface area contributed by atoms with Crippen LogP contribution in [0.3, 0.4) is 0 Å². The van der Waals surface area contributed by atoms with E-state index in [9.17, 15) is 19.1 Å². The summed E-state index contributed by atoms with van der Waals surface area (Å²) in [7, 11) is 0. The van der Waals surface area contributed by atoms with Crippen LogP contribution in [0.5, 0.6) is 0 Å². The molecule has 3 fully saturated rings. The molecule has 3 aliphatic carbocycles. The van der Waals surface area contributed by atoms with E-state index in [-0.39, 0.29) is 27.9 Å². The SMILES string of the molecule is O=C(c1cn(-c2cccc(Cl)c2F)nn1)N1CCc2c(-c3cncnc3)cccc2C1NC12CCC(C(=O)O)(CC1)CC2. The van der Waals surface area contributed by atoms with Crippen molar-refractivity contribution in [3.05, 3.63) is 89.0 Å². The molecule has 3 saturated carbocycles. The lowest BCUT2D eigenvalue weighted by atomic mass is 9.57. The maximum Gasteiger partial charge on any atom is 0.309 e. The number of carbonyl (C=O) groups is 2. The minimum absolute atomic E-state index is 0.0523. The summed E-state index contributed by atoms with van der Waals surface area (Å²) in [5.41, 5.74) is 3.18. The Morgan fingerprint density at radius 3 is 2.47 bits per heavy atom. The molecule has 1 unspecified atom stereocenters. The van der Waals surface area contributed by atoms with E-state index >= 15 is 0 Å². The quantitative estimate of drug-likeness (QED) is 0.317. The number of hydrogen-bond donors (Lipinski definition) is 2. The molecule has 2 bridgehead atoms. The highest BCUT2D eigenvalue weighted by atomic mass is 35.5. The van der Waals surface area contributed by atoms with Crippen molar-refractivity contribution in [1.29, 1.82) is 0 Å². The smallest absolute Gasteiger partial charge is 0.309 e. The number of benzene rings is 2. The standard InChI is InChI=1S/C31H29ClFN7O3/c32-23-5-2-6-25(26(23)33)40-17-24(37-38-40)28(41)39-14-7-21-20(19-15-34-18-35-16-19)3-1-4-22(21)27(39)36-31-11-8-30(9-12-31,10-13-31)29(42)43/h1-6,15-18,27,36H,7-14H2,(H,42,43). The number of carbonyl (C=O) groups excluding carboxylic acids is 1. The first kappa shape index (κ1) is 27.6. The largest absolute Gasteiger partial charge is 0.481 e. The fourth-order valence-corrected chi connectivity index (χ4v) is 7.23. The molecule has 2 aromatic carbocycles. The zero-order chi connectivity index (χ0) is 29.8. The Morgan fingerprint density at radius 2 is 1.74 bits per heavy atom. The van der Waals surface area contributed by atoms with Gasteiger partial charge in [0, 0.05) is 30.0 Å². The van der Waals surface area contributed by atoms with Gasteiger partial charge in [-0.05, 0) is 73.8 Å². The molecule has 2 N–H and O–H groups in total. The Kier molecular flexibility index (Phi) is 6.74. The molecule has 1 atom stereocenters. The van der Waals surface area contributed by atoms with E-state index in [0.29, 0.717) is 51.5 Å². The van der Waals surface area contributed by atoms with E-state index in [1.807, 2.05) is 18.2 Å². The number of carboxylic acid groups (broad SMARTS) is 1. The molecule has 8 rings (SSSR count). The van der Waals surface area contributed by atoms with Gasteiger partial charge in [-0.3, -0.25) is 14.9 Å². The number of aromatic nitrogens is 5. The Balaban J connectivity index is 1.25. The summed E-state index contributed by atoms with van der Waals surface area (Å²) in [4.78, 5) is 36.4. The van der Waals surface area contributed by atoms with Crippen molar-refractivity contribution >= 4 is 23.5 Å². The predicted molar refractivity (Wildman–Crippen MR) is 155 cm³/mol. The lowest BCUT2D eigenvalue weighted by Gasteiger charge is -2.54. The summed E-state index contributed by atoms with van der Waals surface area (Å²) in [5, 5.41) is 21.9. The van der Waals surface area contributed by atoms with E-state index in [4.69, 9.17) is 11.6 Å². The van der Waals surface area contributed by atoms with Crippen molar-refractivity contribution in [3.8, 4) is 16.8 Å². The number of nitrogens with one attached hydrogen (secondary N) is 1. The van der Waals surface area contributed by atoms with Crippen LogP contribution in [0.2, 0.25) is 5.02 Å². The van der Waals surface area contributed by atoms with Gasteiger partial charge in [0.15, 0.2) is 11.5 Å². The third-order valence-corrected chi connectivity index (χ3v) is 9.88. The second-order valence-electron chi connectivity index (χ2n) is 11.8. The number of rotatable bonds is 6. The predicted octanol–water partition coefficient (Wildman–Crippen LogP) is 4.98. The third-order valence-electron chi connectivity index (χ3n) is 9.59. The van der Waals surface area contributed by atoms with E-state index in [1.165, 1.54) is 29.3 Å². The van der Waals surface area contributed by atoms with Gasteiger partial charge in [-0.1, -0.05) is 41.1 Å². The Morgan fingerprint density at radius 1 is 1.02 bits per heavy atom. The second kappa shape index (κ2) is 10.5. The van der Waals surface area contributed by atoms with Crippen LogP contribution in [0.15, 0.2) is 61.3 Å². The number of amides is 1. The first-order valence-corrected chi connectivity index (χ1v) is 14.7. The van der Waals surface area contributed by atoms with Crippen molar-refractivity contribution in [1.82, 2.24) is 35.2 Å². The van der Waals surface area contributed by atoms with E-state index in [0.717, 1.165) is 22.3 Å². The summed E-state index contributed by atoms with van der Waals surface area (Å²) < 4.78 is 15.9. The van der Waals surface area contributed by atoms with Crippen LogP contribution in [-0.4, -0.2) is 58.9 Å². The average molecular weight is 602 g/mol. The maximum absolute atomic E-state index is 14.7. The molecular weight excluding hydrogens is 573 g/mol. The summed E-state index contributed by atoms with van der Waals surface area (Å²) >= 11 is 5.97. The first-order chi connectivity index (χ1) is 20.8. The minimum atomic E-state index is -0.713. The van der Waals surface area contributed by atoms with Crippen LogP contribution in [0.1, 0.15) is 66.3 Å². The van der Waals surface area contributed by atoms with Crippen LogP contribution in [0.4, 0.5) is 4.39 Å². The third kappa shape index (κ3) is 4.67. The Hall–Kier alpha value is -4.22. The highest BCUT2D eigenvalue weighted by Gasteiger charge is 2.54. The number of halogens is 2. The number of hydrogen-bond acceptors (Lipinski definition) is 7. The van der Waals surface area contributed by atoms with Gasteiger partial charge in [0.2, 0.25) is 0 Å². The molecule has 1 aliphatic heterocycles. The molecule has 10 nitrogen and oxygen atoms in total. The highest BCUT2D eigenvalue weighted by Crippen LogP contribution is 2.53. The van der Waals surface area contributed by atoms with Gasteiger partial charge in [-0.15, -0.1) is 5.10 Å². The van der Waals surface area contributed by atoms with Gasteiger partial charge < -0.3 is 10.0 Å². The van der Waals surface area contributed by atoms with E-state index in [1.54, 1.807) is 23.4 Å². The number of nitrogens with zero attached hydrogens (tertiary/aromatic N) is 6. The van der Waals surface area contributed by atoms with Gasteiger partial charge in [-0.2, -0.15) is 0 Å². The molecule has 220 valence electrons. The normalized spacial score (nSPS) is 24.5. The molecule has 43 heavy (non-hydrogen) atoms. The van der Waals surface area contributed by atoms with Crippen molar-refractivity contribution in [2.24, 2.45) is 5.41 Å². The fourth-order valence-electron chi connectivity index (χ4n) is 7.06. The molecule has 4 aliphatic rings. The van der Waals surface area contributed by atoms with Gasteiger partial charge in [0.1, 0.15) is 18.2 Å². The Bertz CT molecular complexity index is 1710. The zero-order valence-electron chi connectivity index (χ0n) is 23.2. The van der Waals surface area contributed by atoms with Crippen molar-refractivity contribution in [2.75, 3.05) is 6.54 Å². The topological polar surface area (TPSA) is 126 Å². The molecule has 0 radical (unpaired) electrons.